The number of benzene rings is 1. The van der Waals surface area contributed by atoms with E-state index in [2.05, 4.69) is 5.32 Å². The van der Waals surface area contributed by atoms with Gasteiger partial charge in [0.1, 0.15) is 11.5 Å². The van der Waals surface area contributed by atoms with Gasteiger partial charge in [0.15, 0.2) is 0 Å². The van der Waals surface area contributed by atoms with Gasteiger partial charge in [-0.2, -0.15) is 0 Å². The number of carbonyl (C=O) groups is 1. The summed E-state index contributed by atoms with van der Waals surface area (Å²) in [5.41, 5.74) is 0.803. The van der Waals surface area contributed by atoms with Crippen molar-refractivity contribution in [2.75, 3.05) is 14.2 Å². The van der Waals surface area contributed by atoms with Crippen LogP contribution in [0.2, 0.25) is 4.34 Å². The van der Waals surface area contributed by atoms with E-state index >= 15 is 0 Å². The molecule has 1 amide bonds. The molecule has 0 bridgehead atoms. The highest BCUT2D eigenvalue weighted by molar-refractivity contribution is 7.16. The highest BCUT2D eigenvalue weighted by atomic mass is 35.5. The minimum Gasteiger partial charge on any atom is -0.497 e. The molecule has 0 spiro atoms. The predicted octanol–water partition coefficient (Wildman–Crippen LogP) is 3.75. The lowest BCUT2D eigenvalue weighted by molar-refractivity contribution is -0.116. The summed E-state index contributed by atoms with van der Waals surface area (Å²) in [4.78, 5) is 12.8. The van der Waals surface area contributed by atoms with E-state index in [0.29, 0.717) is 22.4 Å². The maximum Gasteiger partial charge on any atom is 0.244 e. The Hall–Kier alpha value is -1.98. The summed E-state index contributed by atoms with van der Waals surface area (Å²) in [6, 6.07) is 9.12. The lowest BCUT2D eigenvalue weighted by atomic mass is 10.1. The third-order valence-electron chi connectivity index (χ3n) is 2.92. The van der Waals surface area contributed by atoms with Crippen LogP contribution in [0, 0.1) is 0 Å². The Morgan fingerprint density at radius 2 is 2.09 bits per heavy atom. The Morgan fingerprint density at radius 1 is 1.27 bits per heavy atom. The van der Waals surface area contributed by atoms with Crippen LogP contribution in [0.3, 0.4) is 0 Å². The van der Waals surface area contributed by atoms with E-state index in [9.17, 15) is 4.79 Å². The summed E-state index contributed by atoms with van der Waals surface area (Å²) in [7, 11) is 3.17. The Morgan fingerprint density at radius 3 is 2.73 bits per heavy atom. The van der Waals surface area contributed by atoms with E-state index < -0.39 is 0 Å². The second-order valence-electron chi connectivity index (χ2n) is 4.36. The van der Waals surface area contributed by atoms with Crippen LogP contribution in [0.4, 0.5) is 0 Å². The average molecular weight is 338 g/mol. The predicted molar refractivity (Wildman–Crippen MR) is 89.8 cm³/mol. The van der Waals surface area contributed by atoms with Crippen LogP contribution in [-0.4, -0.2) is 20.1 Å². The molecule has 0 radical (unpaired) electrons. The van der Waals surface area contributed by atoms with Crippen molar-refractivity contribution in [3.8, 4) is 11.5 Å². The van der Waals surface area contributed by atoms with Crippen LogP contribution in [0.5, 0.6) is 11.5 Å². The fraction of sp³-hybridized carbons (Fsp3) is 0.188. The van der Waals surface area contributed by atoms with Crippen molar-refractivity contribution in [3.05, 3.63) is 51.2 Å². The molecule has 2 rings (SSSR count). The molecule has 0 saturated carbocycles. The van der Waals surface area contributed by atoms with Gasteiger partial charge in [0, 0.05) is 22.6 Å². The van der Waals surface area contributed by atoms with Crippen LogP contribution in [-0.2, 0) is 11.3 Å². The topological polar surface area (TPSA) is 47.6 Å². The average Bonchev–Trinajstić information content (AvgIpc) is 2.96. The summed E-state index contributed by atoms with van der Waals surface area (Å²) in [5.74, 6) is 1.17. The third-order valence-corrected chi connectivity index (χ3v) is 4.15. The fourth-order valence-electron chi connectivity index (χ4n) is 1.80. The molecule has 22 heavy (non-hydrogen) atoms. The molecule has 1 aromatic heterocycles. The fourth-order valence-corrected chi connectivity index (χ4v) is 2.83. The monoisotopic (exact) mass is 337 g/mol. The van der Waals surface area contributed by atoms with Crippen molar-refractivity contribution in [3.63, 3.8) is 0 Å². The lowest BCUT2D eigenvalue weighted by Gasteiger charge is -2.07. The van der Waals surface area contributed by atoms with E-state index in [1.54, 1.807) is 26.4 Å². The molecule has 0 fully saturated rings. The molecule has 0 aliphatic heterocycles. The van der Waals surface area contributed by atoms with Gasteiger partial charge in [-0.15, -0.1) is 11.3 Å². The number of hydrogen-bond donors (Lipinski definition) is 1. The molecular formula is C16H16ClNO3S. The highest BCUT2D eigenvalue weighted by Crippen LogP contribution is 2.25. The van der Waals surface area contributed by atoms with Crippen molar-refractivity contribution in [1.29, 1.82) is 0 Å². The van der Waals surface area contributed by atoms with Gasteiger partial charge in [-0.3, -0.25) is 4.79 Å². The summed E-state index contributed by atoms with van der Waals surface area (Å²) in [5, 5.41) is 2.80. The summed E-state index contributed by atoms with van der Waals surface area (Å²) in [6.45, 7) is 0.459. The van der Waals surface area contributed by atoms with Crippen molar-refractivity contribution in [2.45, 2.75) is 6.54 Å². The molecule has 4 nitrogen and oxygen atoms in total. The normalized spacial score (nSPS) is 10.7. The minimum atomic E-state index is -0.178. The summed E-state index contributed by atoms with van der Waals surface area (Å²) in [6.07, 6.45) is 3.18. The Balaban J connectivity index is 1.97. The molecule has 1 N–H and O–H groups in total. The molecule has 1 heterocycles. The molecule has 0 unspecified atom stereocenters. The maximum atomic E-state index is 11.8. The summed E-state index contributed by atoms with van der Waals surface area (Å²) < 4.78 is 11.1. The van der Waals surface area contributed by atoms with Gasteiger partial charge < -0.3 is 14.8 Å². The van der Waals surface area contributed by atoms with Crippen LogP contribution < -0.4 is 14.8 Å². The zero-order chi connectivity index (χ0) is 15.9. The quantitative estimate of drug-likeness (QED) is 0.817. The third kappa shape index (κ3) is 4.51. The molecule has 0 aliphatic rings. The zero-order valence-corrected chi connectivity index (χ0v) is 13.8. The molecule has 2 aromatic rings. The van der Waals surface area contributed by atoms with Crippen LogP contribution in [0.1, 0.15) is 10.4 Å². The van der Waals surface area contributed by atoms with Gasteiger partial charge in [-0.1, -0.05) is 11.6 Å². The lowest BCUT2D eigenvalue weighted by Crippen LogP contribution is -2.19. The SMILES string of the molecule is COc1ccc(/C=C/C(=O)NCc2ccc(Cl)s2)c(OC)c1. The van der Waals surface area contributed by atoms with Gasteiger partial charge in [0.2, 0.25) is 5.91 Å². The van der Waals surface area contributed by atoms with Gasteiger partial charge in [-0.25, -0.2) is 0 Å². The van der Waals surface area contributed by atoms with Crippen LogP contribution in [0.15, 0.2) is 36.4 Å². The number of hydrogen-bond acceptors (Lipinski definition) is 4. The maximum absolute atomic E-state index is 11.8. The van der Waals surface area contributed by atoms with Gasteiger partial charge in [0.25, 0.3) is 0 Å². The Labute approximate surface area is 138 Å². The first-order valence-corrected chi connectivity index (χ1v) is 7.74. The molecule has 116 valence electrons. The molecule has 0 atom stereocenters. The highest BCUT2D eigenvalue weighted by Gasteiger charge is 2.04. The van der Waals surface area contributed by atoms with E-state index in [1.165, 1.54) is 17.4 Å². The van der Waals surface area contributed by atoms with Crippen molar-refractivity contribution in [2.24, 2.45) is 0 Å². The van der Waals surface area contributed by atoms with Crippen LogP contribution in [0.25, 0.3) is 6.08 Å². The molecule has 1 aromatic carbocycles. The van der Waals surface area contributed by atoms with E-state index in [0.717, 1.165) is 10.4 Å². The number of halogens is 1. The number of thiophene rings is 1. The Kier molecular flexibility index (Phi) is 5.86. The molecule has 0 aliphatic carbocycles. The summed E-state index contributed by atoms with van der Waals surface area (Å²) >= 11 is 7.29. The van der Waals surface area contributed by atoms with Gasteiger partial charge in [-0.05, 0) is 30.3 Å². The minimum absolute atomic E-state index is 0.178. The smallest absolute Gasteiger partial charge is 0.244 e. The standard InChI is InChI=1S/C16H16ClNO3S/c1-20-12-5-3-11(14(9-12)21-2)4-8-16(19)18-10-13-6-7-15(17)22-13/h3-9H,10H2,1-2H3,(H,18,19)/b8-4+. The van der Waals surface area contributed by atoms with E-state index in [4.69, 9.17) is 21.1 Å². The number of rotatable bonds is 6. The molecule has 0 saturated heterocycles. The number of nitrogens with one attached hydrogen (secondary N) is 1. The number of carbonyl (C=O) groups excluding carboxylic acids is 1. The first-order valence-electron chi connectivity index (χ1n) is 6.54. The second kappa shape index (κ2) is 7.87. The van der Waals surface area contributed by atoms with Crippen LogP contribution >= 0.6 is 22.9 Å². The first-order chi connectivity index (χ1) is 10.6. The number of ether oxygens (including phenoxy) is 2. The van der Waals surface area contributed by atoms with Gasteiger partial charge >= 0.3 is 0 Å². The molecular weight excluding hydrogens is 322 g/mol. The Bertz CT molecular complexity index is 682. The largest absolute Gasteiger partial charge is 0.497 e. The van der Waals surface area contributed by atoms with Crippen molar-refractivity contribution in [1.82, 2.24) is 5.32 Å². The zero-order valence-electron chi connectivity index (χ0n) is 12.3. The van der Waals surface area contributed by atoms with Crippen molar-refractivity contribution >= 4 is 34.9 Å². The molecule has 6 heteroatoms. The van der Waals surface area contributed by atoms with E-state index in [1.807, 2.05) is 24.3 Å². The second-order valence-corrected chi connectivity index (χ2v) is 6.16. The number of methoxy groups -OCH3 is 2. The van der Waals surface area contributed by atoms with Gasteiger partial charge in [0.05, 0.1) is 25.1 Å². The first kappa shape index (κ1) is 16.4. The van der Waals surface area contributed by atoms with Crippen molar-refractivity contribution < 1.29 is 14.3 Å². The van der Waals surface area contributed by atoms with E-state index in [-0.39, 0.29) is 5.91 Å². The number of amides is 1.